The molecular formula is C24H32N2O3. The monoisotopic (exact) mass is 396 g/mol. The highest BCUT2D eigenvalue weighted by atomic mass is 16.5. The number of benzene rings is 2. The Morgan fingerprint density at radius 2 is 1.79 bits per heavy atom. The van der Waals surface area contributed by atoms with E-state index in [0.717, 1.165) is 24.0 Å². The van der Waals surface area contributed by atoms with Gasteiger partial charge in [0.25, 0.3) is 0 Å². The maximum atomic E-state index is 12.7. The predicted molar refractivity (Wildman–Crippen MR) is 115 cm³/mol. The van der Waals surface area contributed by atoms with E-state index in [1.54, 1.807) is 7.11 Å². The van der Waals surface area contributed by atoms with Gasteiger partial charge in [0.05, 0.1) is 7.11 Å². The fourth-order valence-electron chi connectivity index (χ4n) is 3.88. The third-order valence-corrected chi connectivity index (χ3v) is 5.42. The quantitative estimate of drug-likeness (QED) is 0.672. The SMILES string of the molecule is CCNC(=O)N(Cc1ccc(OC)c(OCc2ccccc2)c1)C1CCCCC1. The van der Waals surface area contributed by atoms with Crippen molar-refractivity contribution in [3.8, 4) is 11.5 Å². The normalized spacial score (nSPS) is 14.3. The van der Waals surface area contributed by atoms with Crippen LogP contribution in [0.3, 0.4) is 0 Å². The number of ether oxygens (including phenoxy) is 2. The molecule has 1 aliphatic rings. The average Bonchev–Trinajstić information content (AvgIpc) is 2.77. The first-order chi connectivity index (χ1) is 14.2. The second kappa shape index (κ2) is 10.7. The molecule has 0 heterocycles. The fraction of sp³-hybridized carbons (Fsp3) is 0.458. The predicted octanol–water partition coefficient (Wildman–Crippen LogP) is 5.14. The highest BCUT2D eigenvalue weighted by molar-refractivity contribution is 5.74. The molecule has 0 spiro atoms. The highest BCUT2D eigenvalue weighted by Crippen LogP contribution is 2.31. The third kappa shape index (κ3) is 5.89. The molecule has 5 heteroatoms. The Morgan fingerprint density at radius 3 is 2.48 bits per heavy atom. The maximum Gasteiger partial charge on any atom is 0.317 e. The number of hydrogen-bond donors (Lipinski definition) is 1. The molecule has 2 aromatic rings. The average molecular weight is 397 g/mol. The van der Waals surface area contributed by atoms with E-state index in [1.807, 2.05) is 60.4 Å². The van der Waals surface area contributed by atoms with Crippen LogP contribution in [0.2, 0.25) is 0 Å². The molecule has 0 atom stereocenters. The first kappa shape index (κ1) is 21.0. The van der Waals surface area contributed by atoms with Gasteiger partial charge in [-0.15, -0.1) is 0 Å². The number of amides is 2. The number of urea groups is 1. The maximum absolute atomic E-state index is 12.7. The van der Waals surface area contributed by atoms with E-state index in [2.05, 4.69) is 5.32 Å². The van der Waals surface area contributed by atoms with Gasteiger partial charge in [-0.25, -0.2) is 4.79 Å². The Balaban J connectivity index is 1.75. The van der Waals surface area contributed by atoms with Crippen molar-refractivity contribution in [3.05, 3.63) is 59.7 Å². The number of hydrogen-bond acceptors (Lipinski definition) is 3. The molecule has 1 N–H and O–H groups in total. The molecule has 0 bridgehead atoms. The molecule has 5 nitrogen and oxygen atoms in total. The summed E-state index contributed by atoms with van der Waals surface area (Å²) >= 11 is 0. The van der Waals surface area contributed by atoms with Crippen molar-refractivity contribution in [2.24, 2.45) is 0 Å². The summed E-state index contributed by atoms with van der Waals surface area (Å²) in [6, 6.07) is 16.3. The van der Waals surface area contributed by atoms with Gasteiger partial charge in [0, 0.05) is 19.1 Å². The van der Waals surface area contributed by atoms with Crippen molar-refractivity contribution in [1.82, 2.24) is 10.2 Å². The summed E-state index contributed by atoms with van der Waals surface area (Å²) in [6.07, 6.45) is 5.79. The van der Waals surface area contributed by atoms with E-state index in [1.165, 1.54) is 19.3 Å². The van der Waals surface area contributed by atoms with Crippen LogP contribution in [0.1, 0.15) is 50.2 Å². The second-order valence-corrected chi connectivity index (χ2v) is 7.51. The Labute approximate surface area is 174 Å². The Hall–Kier alpha value is -2.69. The van der Waals surface area contributed by atoms with Crippen molar-refractivity contribution in [3.63, 3.8) is 0 Å². The first-order valence-electron chi connectivity index (χ1n) is 10.6. The lowest BCUT2D eigenvalue weighted by Crippen LogP contribution is -2.46. The van der Waals surface area contributed by atoms with E-state index in [9.17, 15) is 4.79 Å². The van der Waals surface area contributed by atoms with Crippen molar-refractivity contribution in [1.29, 1.82) is 0 Å². The molecule has 0 saturated heterocycles. The van der Waals surface area contributed by atoms with Gasteiger partial charge in [-0.1, -0.05) is 55.7 Å². The summed E-state index contributed by atoms with van der Waals surface area (Å²) in [5.74, 6) is 1.40. The Bertz CT molecular complexity index is 773. The minimum Gasteiger partial charge on any atom is -0.493 e. The van der Waals surface area contributed by atoms with E-state index in [4.69, 9.17) is 9.47 Å². The van der Waals surface area contributed by atoms with E-state index < -0.39 is 0 Å². The van der Waals surface area contributed by atoms with Gasteiger partial charge in [0.2, 0.25) is 0 Å². The molecule has 0 radical (unpaired) electrons. The molecule has 2 amide bonds. The van der Waals surface area contributed by atoms with Crippen molar-refractivity contribution in [2.45, 2.75) is 58.2 Å². The molecule has 2 aromatic carbocycles. The fourth-order valence-corrected chi connectivity index (χ4v) is 3.88. The van der Waals surface area contributed by atoms with Crippen molar-refractivity contribution in [2.75, 3.05) is 13.7 Å². The summed E-state index contributed by atoms with van der Waals surface area (Å²) in [4.78, 5) is 14.7. The van der Waals surface area contributed by atoms with Crippen LogP contribution in [-0.4, -0.2) is 30.6 Å². The molecule has 0 aliphatic heterocycles. The Kier molecular flexibility index (Phi) is 7.79. The lowest BCUT2D eigenvalue weighted by atomic mass is 9.94. The largest absolute Gasteiger partial charge is 0.493 e. The number of rotatable bonds is 8. The first-order valence-corrected chi connectivity index (χ1v) is 10.6. The van der Waals surface area contributed by atoms with Crippen LogP contribution in [0, 0.1) is 0 Å². The lowest BCUT2D eigenvalue weighted by molar-refractivity contribution is 0.151. The summed E-state index contributed by atoms with van der Waals surface area (Å²) < 4.78 is 11.5. The smallest absolute Gasteiger partial charge is 0.317 e. The second-order valence-electron chi connectivity index (χ2n) is 7.51. The minimum absolute atomic E-state index is 0.0157. The molecular weight excluding hydrogens is 364 g/mol. The molecule has 1 saturated carbocycles. The number of carbonyl (C=O) groups excluding carboxylic acids is 1. The summed E-state index contributed by atoms with van der Waals surface area (Å²) in [5, 5.41) is 2.98. The molecule has 0 aromatic heterocycles. The van der Waals surface area contributed by atoms with Crippen LogP contribution >= 0.6 is 0 Å². The summed E-state index contributed by atoms with van der Waals surface area (Å²) in [5.41, 5.74) is 2.15. The van der Waals surface area contributed by atoms with Gasteiger partial charge in [0.1, 0.15) is 6.61 Å². The van der Waals surface area contributed by atoms with Gasteiger partial charge < -0.3 is 19.7 Å². The van der Waals surface area contributed by atoms with Crippen molar-refractivity contribution < 1.29 is 14.3 Å². The standard InChI is InChI=1S/C24H32N2O3/c1-3-25-24(27)26(21-12-8-5-9-13-21)17-20-14-15-22(28-2)23(16-20)29-18-19-10-6-4-7-11-19/h4,6-7,10-11,14-16,21H,3,5,8-9,12-13,17-18H2,1-2H3,(H,25,27). The van der Waals surface area contributed by atoms with Gasteiger partial charge in [-0.05, 0) is 43.0 Å². The molecule has 1 aliphatic carbocycles. The third-order valence-electron chi connectivity index (χ3n) is 5.42. The van der Waals surface area contributed by atoms with E-state index in [-0.39, 0.29) is 6.03 Å². The molecule has 1 fully saturated rings. The van der Waals surface area contributed by atoms with E-state index >= 15 is 0 Å². The van der Waals surface area contributed by atoms with Crippen LogP contribution < -0.4 is 14.8 Å². The highest BCUT2D eigenvalue weighted by Gasteiger charge is 2.25. The number of nitrogens with zero attached hydrogens (tertiary/aromatic N) is 1. The Morgan fingerprint density at radius 1 is 1.03 bits per heavy atom. The number of methoxy groups -OCH3 is 1. The number of nitrogens with one attached hydrogen (secondary N) is 1. The zero-order valence-electron chi connectivity index (χ0n) is 17.5. The zero-order valence-corrected chi connectivity index (χ0v) is 17.5. The van der Waals surface area contributed by atoms with Gasteiger partial charge in [-0.3, -0.25) is 0 Å². The topological polar surface area (TPSA) is 50.8 Å². The van der Waals surface area contributed by atoms with Crippen molar-refractivity contribution >= 4 is 6.03 Å². The molecule has 3 rings (SSSR count). The van der Waals surface area contributed by atoms with Crippen LogP contribution in [0.15, 0.2) is 48.5 Å². The summed E-state index contributed by atoms with van der Waals surface area (Å²) in [6.45, 7) is 3.64. The summed E-state index contributed by atoms with van der Waals surface area (Å²) in [7, 11) is 1.65. The van der Waals surface area contributed by atoms with Crippen LogP contribution in [0.4, 0.5) is 4.79 Å². The molecule has 29 heavy (non-hydrogen) atoms. The van der Waals surface area contributed by atoms with Gasteiger partial charge in [0.15, 0.2) is 11.5 Å². The van der Waals surface area contributed by atoms with Crippen LogP contribution in [-0.2, 0) is 13.2 Å². The number of carbonyl (C=O) groups is 1. The van der Waals surface area contributed by atoms with E-state index in [0.29, 0.717) is 37.2 Å². The zero-order chi connectivity index (χ0) is 20.5. The van der Waals surface area contributed by atoms with Gasteiger partial charge in [-0.2, -0.15) is 0 Å². The van der Waals surface area contributed by atoms with Gasteiger partial charge >= 0.3 is 6.03 Å². The van der Waals surface area contributed by atoms with Crippen LogP contribution in [0.5, 0.6) is 11.5 Å². The molecule has 0 unspecified atom stereocenters. The lowest BCUT2D eigenvalue weighted by Gasteiger charge is -2.34. The molecule has 156 valence electrons. The minimum atomic E-state index is 0.0157. The van der Waals surface area contributed by atoms with Crippen LogP contribution in [0.25, 0.3) is 0 Å².